The lowest BCUT2D eigenvalue weighted by Gasteiger charge is -2.23. The summed E-state index contributed by atoms with van der Waals surface area (Å²) in [4.78, 5) is 13.5. The molecule has 20 heavy (non-hydrogen) atoms. The van der Waals surface area contributed by atoms with Crippen LogP contribution >= 0.6 is 11.8 Å². The first kappa shape index (κ1) is 15.0. The van der Waals surface area contributed by atoms with Crippen LogP contribution < -0.4 is 10.6 Å². The van der Waals surface area contributed by atoms with Crippen LogP contribution in [0.4, 0.5) is 24.5 Å². The fourth-order valence-electron chi connectivity index (χ4n) is 2.27. The van der Waals surface area contributed by atoms with Crippen molar-refractivity contribution in [3.05, 3.63) is 23.8 Å². The van der Waals surface area contributed by atoms with Crippen LogP contribution in [0.2, 0.25) is 0 Å². The third kappa shape index (κ3) is 3.82. The average molecular weight is 304 g/mol. The molecular formula is C13H15F3N2OS. The molecule has 0 aliphatic carbocycles. The normalized spacial score (nSPS) is 15.9. The van der Waals surface area contributed by atoms with E-state index in [4.69, 9.17) is 5.73 Å². The van der Waals surface area contributed by atoms with Gasteiger partial charge in [0.05, 0.1) is 0 Å². The Balaban J connectivity index is 2.16. The summed E-state index contributed by atoms with van der Waals surface area (Å²) in [5.74, 6) is -0.296. The maximum atomic E-state index is 12.2. The van der Waals surface area contributed by atoms with Crippen LogP contribution in [0.25, 0.3) is 0 Å². The van der Waals surface area contributed by atoms with Gasteiger partial charge in [0.15, 0.2) is 0 Å². The fourth-order valence-corrected chi connectivity index (χ4v) is 2.77. The molecule has 3 nitrogen and oxygen atoms in total. The van der Waals surface area contributed by atoms with Crippen LogP contribution in [-0.2, 0) is 11.2 Å². The number of rotatable bonds is 3. The predicted octanol–water partition coefficient (Wildman–Crippen LogP) is 3.19. The number of alkyl halides is 3. The van der Waals surface area contributed by atoms with Crippen LogP contribution in [-0.4, -0.2) is 23.7 Å². The van der Waals surface area contributed by atoms with Crippen molar-refractivity contribution in [2.75, 3.05) is 22.9 Å². The molecule has 2 rings (SSSR count). The molecule has 7 heteroatoms. The largest absolute Gasteiger partial charge is 0.441 e. The zero-order chi connectivity index (χ0) is 14.8. The van der Waals surface area contributed by atoms with Crippen LogP contribution in [0.5, 0.6) is 0 Å². The Hall–Kier alpha value is -1.37. The zero-order valence-electron chi connectivity index (χ0n) is 10.7. The van der Waals surface area contributed by atoms with E-state index < -0.39 is 5.51 Å². The van der Waals surface area contributed by atoms with E-state index in [0.717, 1.165) is 12.0 Å². The van der Waals surface area contributed by atoms with Crippen LogP contribution in [0.15, 0.2) is 18.2 Å². The average Bonchev–Trinajstić information content (AvgIpc) is 2.48. The lowest BCUT2D eigenvalue weighted by molar-refractivity contribution is -0.118. The molecule has 1 heterocycles. The molecule has 1 aromatic rings. The molecule has 0 unspecified atom stereocenters. The number of aryl methyl sites for hydroxylation is 1. The fraction of sp³-hybridized carbons (Fsp3) is 0.462. The summed E-state index contributed by atoms with van der Waals surface area (Å²) in [6, 6.07) is 5.17. The summed E-state index contributed by atoms with van der Waals surface area (Å²) < 4.78 is 36.5. The molecule has 0 bridgehead atoms. The Labute approximate surface area is 119 Å². The van der Waals surface area contributed by atoms with Gasteiger partial charge >= 0.3 is 5.51 Å². The third-order valence-electron chi connectivity index (χ3n) is 3.11. The standard InChI is InChI=1S/C13H15F3N2OS/c14-13(15,16)20-7-6-18-11-5-4-10(17)8-9(11)2-1-3-12(18)19/h4-5,8H,1-3,6-7,17H2. The quantitative estimate of drug-likeness (QED) is 0.872. The van der Waals surface area contributed by atoms with Crippen molar-refractivity contribution in [2.24, 2.45) is 0 Å². The summed E-state index contributed by atoms with van der Waals surface area (Å²) in [6.07, 6.45) is 1.76. The van der Waals surface area contributed by atoms with Crippen molar-refractivity contribution in [2.45, 2.75) is 24.8 Å². The Morgan fingerprint density at radius 1 is 1.30 bits per heavy atom. The summed E-state index contributed by atoms with van der Waals surface area (Å²) in [6.45, 7) is 0.0555. The second-order valence-corrected chi connectivity index (χ2v) is 5.74. The minimum atomic E-state index is -4.27. The molecule has 1 aliphatic heterocycles. The Kier molecular flexibility index (Phi) is 4.47. The van der Waals surface area contributed by atoms with Gasteiger partial charge in [-0.15, -0.1) is 0 Å². The molecule has 0 saturated carbocycles. The molecule has 1 amide bonds. The highest BCUT2D eigenvalue weighted by Gasteiger charge is 2.29. The van der Waals surface area contributed by atoms with Gasteiger partial charge in [0.1, 0.15) is 0 Å². The molecular weight excluding hydrogens is 289 g/mol. The Morgan fingerprint density at radius 2 is 2.05 bits per heavy atom. The molecule has 0 spiro atoms. The molecule has 0 fully saturated rings. The Bertz CT molecular complexity index is 505. The topological polar surface area (TPSA) is 46.3 Å². The third-order valence-corrected chi connectivity index (χ3v) is 3.83. The molecule has 110 valence electrons. The van der Waals surface area contributed by atoms with E-state index in [2.05, 4.69) is 0 Å². The van der Waals surface area contributed by atoms with Crippen molar-refractivity contribution in [3.8, 4) is 0 Å². The SMILES string of the molecule is Nc1ccc2c(c1)CCCC(=O)N2CCSC(F)(F)F. The number of hydrogen-bond acceptors (Lipinski definition) is 3. The molecule has 0 aromatic heterocycles. The lowest BCUT2D eigenvalue weighted by Crippen LogP contribution is -2.32. The van der Waals surface area contributed by atoms with Gasteiger partial charge in [-0.25, -0.2) is 0 Å². The van der Waals surface area contributed by atoms with E-state index in [0.29, 0.717) is 24.2 Å². The first-order valence-electron chi connectivity index (χ1n) is 6.26. The number of thioether (sulfide) groups is 1. The summed E-state index contributed by atoms with van der Waals surface area (Å²) >= 11 is -0.105. The predicted molar refractivity (Wildman–Crippen MR) is 74.7 cm³/mol. The smallest absolute Gasteiger partial charge is 0.399 e. The van der Waals surface area contributed by atoms with Gasteiger partial charge in [0.2, 0.25) is 5.91 Å². The number of fused-ring (bicyclic) bond motifs is 1. The van der Waals surface area contributed by atoms with Gasteiger partial charge < -0.3 is 10.6 Å². The van der Waals surface area contributed by atoms with Crippen LogP contribution in [0.3, 0.4) is 0 Å². The van der Waals surface area contributed by atoms with Gasteiger partial charge in [-0.2, -0.15) is 13.2 Å². The molecule has 0 saturated heterocycles. The second kappa shape index (κ2) is 5.95. The van der Waals surface area contributed by atoms with E-state index in [1.54, 1.807) is 18.2 Å². The van der Waals surface area contributed by atoms with Crippen molar-refractivity contribution in [3.63, 3.8) is 0 Å². The zero-order valence-corrected chi connectivity index (χ0v) is 11.6. The summed E-state index contributed by atoms with van der Waals surface area (Å²) in [5.41, 5.74) is 3.66. The van der Waals surface area contributed by atoms with Gasteiger partial charge in [-0.3, -0.25) is 4.79 Å². The lowest BCUT2D eigenvalue weighted by atomic mass is 10.1. The highest BCUT2D eigenvalue weighted by Crippen LogP contribution is 2.32. The number of benzene rings is 1. The maximum Gasteiger partial charge on any atom is 0.441 e. The van der Waals surface area contributed by atoms with Crippen molar-refractivity contribution >= 4 is 29.0 Å². The van der Waals surface area contributed by atoms with Crippen molar-refractivity contribution in [1.82, 2.24) is 0 Å². The molecule has 2 N–H and O–H groups in total. The maximum absolute atomic E-state index is 12.2. The minimum absolute atomic E-state index is 0.0555. The number of nitrogens with two attached hydrogens (primary N) is 1. The highest BCUT2D eigenvalue weighted by atomic mass is 32.2. The summed E-state index contributed by atoms with van der Waals surface area (Å²) in [7, 11) is 0. The van der Waals surface area contributed by atoms with Gasteiger partial charge in [0.25, 0.3) is 0 Å². The number of carbonyl (C=O) groups excluding carboxylic acids is 1. The van der Waals surface area contributed by atoms with Crippen molar-refractivity contribution in [1.29, 1.82) is 0 Å². The highest BCUT2D eigenvalue weighted by molar-refractivity contribution is 8.00. The van der Waals surface area contributed by atoms with Crippen molar-refractivity contribution < 1.29 is 18.0 Å². The van der Waals surface area contributed by atoms with E-state index >= 15 is 0 Å². The number of anilines is 2. The van der Waals surface area contributed by atoms with E-state index in [1.807, 2.05) is 0 Å². The number of amides is 1. The number of hydrogen-bond donors (Lipinski definition) is 1. The first-order chi connectivity index (χ1) is 9.37. The van der Waals surface area contributed by atoms with Gasteiger partial charge in [-0.05, 0) is 48.4 Å². The van der Waals surface area contributed by atoms with Gasteiger partial charge in [-0.1, -0.05) is 0 Å². The number of nitrogens with zero attached hydrogens (tertiary/aromatic N) is 1. The Morgan fingerprint density at radius 3 is 2.75 bits per heavy atom. The molecule has 1 aromatic carbocycles. The van der Waals surface area contributed by atoms with E-state index in [1.165, 1.54) is 4.90 Å². The molecule has 1 aliphatic rings. The van der Waals surface area contributed by atoms with Gasteiger partial charge in [0, 0.05) is 30.1 Å². The van der Waals surface area contributed by atoms with E-state index in [9.17, 15) is 18.0 Å². The minimum Gasteiger partial charge on any atom is -0.399 e. The first-order valence-corrected chi connectivity index (χ1v) is 7.25. The number of halogens is 3. The molecule has 0 atom stereocenters. The summed E-state index contributed by atoms with van der Waals surface area (Å²) in [5, 5.41) is 0. The molecule has 0 radical (unpaired) electrons. The van der Waals surface area contributed by atoms with Crippen LogP contribution in [0, 0.1) is 0 Å². The van der Waals surface area contributed by atoms with Crippen LogP contribution in [0.1, 0.15) is 18.4 Å². The second-order valence-electron chi connectivity index (χ2n) is 4.58. The van der Waals surface area contributed by atoms with E-state index in [-0.39, 0.29) is 30.0 Å². The number of nitrogen functional groups attached to an aromatic ring is 1. The number of carbonyl (C=O) groups is 1. The monoisotopic (exact) mass is 304 g/mol.